The fourth-order valence-electron chi connectivity index (χ4n) is 2.96. The van der Waals surface area contributed by atoms with Crippen molar-refractivity contribution in [2.24, 2.45) is 5.92 Å². The molecule has 2 unspecified atom stereocenters. The molecule has 0 aliphatic heterocycles. The van der Waals surface area contributed by atoms with Crippen molar-refractivity contribution in [2.45, 2.75) is 51.2 Å². The molecule has 0 amide bonds. The van der Waals surface area contributed by atoms with Crippen LogP contribution >= 0.6 is 0 Å². The van der Waals surface area contributed by atoms with E-state index in [1.54, 1.807) is 0 Å². The second-order valence-electron chi connectivity index (χ2n) is 5.80. The van der Waals surface area contributed by atoms with Crippen molar-refractivity contribution in [3.05, 3.63) is 35.4 Å². The minimum atomic E-state index is -4.03. The van der Waals surface area contributed by atoms with Gasteiger partial charge in [0.1, 0.15) is 0 Å². The van der Waals surface area contributed by atoms with Gasteiger partial charge in [-0.15, -0.1) is 0 Å². The fraction of sp³-hybridized carbons (Fsp3) is 0.625. The summed E-state index contributed by atoms with van der Waals surface area (Å²) in [7, 11) is 0. The molecule has 0 spiro atoms. The van der Waals surface area contributed by atoms with Gasteiger partial charge in [-0.3, -0.25) is 0 Å². The first-order chi connectivity index (χ1) is 9.45. The average Bonchev–Trinajstić information content (AvgIpc) is 2.38. The molecule has 2 atom stereocenters. The highest BCUT2D eigenvalue weighted by atomic mass is 19.4. The highest BCUT2D eigenvalue weighted by Gasteiger charge is 2.41. The Bertz CT molecular complexity index is 428. The van der Waals surface area contributed by atoms with Gasteiger partial charge in [-0.1, -0.05) is 36.2 Å². The molecule has 0 saturated heterocycles. The molecular formula is C16H22F3N. The monoisotopic (exact) mass is 285 g/mol. The summed E-state index contributed by atoms with van der Waals surface area (Å²) in [6.45, 7) is 2.80. The van der Waals surface area contributed by atoms with E-state index >= 15 is 0 Å². The van der Waals surface area contributed by atoms with Crippen LogP contribution in [0.4, 0.5) is 13.2 Å². The van der Waals surface area contributed by atoms with Gasteiger partial charge in [0, 0.05) is 6.04 Å². The van der Waals surface area contributed by atoms with Crippen LogP contribution in [0.3, 0.4) is 0 Å². The van der Waals surface area contributed by atoms with E-state index in [4.69, 9.17) is 0 Å². The van der Waals surface area contributed by atoms with Crippen molar-refractivity contribution >= 4 is 0 Å². The normalized spacial score (nSPS) is 23.8. The third-order valence-corrected chi connectivity index (χ3v) is 4.07. The maximum Gasteiger partial charge on any atom is 0.391 e. The zero-order valence-electron chi connectivity index (χ0n) is 11.8. The molecule has 1 aromatic rings. The molecule has 2 rings (SSSR count). The highest BCUT2D eigenvalue weighted by Crippen LogP contribution is 2.37. The molecule has 4 heteroatoms. The Morgan fingerprint density at radius 2 is 2.05 bits per heavy atom. The Morgan fingerprint density at radius 3 is 2.75 bits per heavy atom. The van der Waals surface area contributed by atoms with E-state index in [1.807, 2.05) is 19.1 Å². The van der Waals surface area contributed by atoms with Crippen LogP contribution in [0.25, 0.3) is 0 Å². The first-order valence-electron chi connectivity index (χ1n) is 7.31. The minimum Gasteiger partial charge on any atom is -0.314 e. The zero-order chi connectivity index (χ0) is 14.6. The number of hydrogen-bond acceptors (Lipinski definition) is 1. The summed E-state index contributed by atoms with van der Waals surface area (Å²) in [5, 5.41) is 3.29. The van der Waals surface area contributed by atoms with Crippen molar-refractivity contribution < 1.29 is 13.2 Å². The third-order valence-electron chi connectivity index (χ3n) is 4.07. The van der Waals surface area contributed by atoms with Gasteiger partial charge in [0.15, 0.2) is 0 Å². The summed E-state index contributed by atoms with van der Waals surface area (Å²) in [5.41, 5.74) is 2.46. The summed E-state index contributed by atoms with van der Waals surface area (Å²) in [6, 6.07) is 8.27. The molecule has 20 heavy (non-hydrogen) atoms. The lowest BCUT2D eigenvalue weighted by Gasteiger charge is -2.31. The molecule has 0 bridgehead atoms. The number of rotatable bonds is 4. The van der Waals surface area contributed by atoms with Gasteiger partial charge < -0.3 is 5.32 Å². The Hall–Kier alpha value is -1.03. The van der Waals surface area contributed by atoms with Gasteiger partial charge in [-0.2, -0.15) is 13.2 Å². The van der Waals surface area contributed by atoms with E-state index < -0.39 is 12.1 Å². The lowest BCUT2D eigenvalue weighted by atomic mass is 9.85. The Kier molecular flexibility index (Phi) is 5.08. The Balaban J connectivity index is 1.76. The largest absolute Gasteiger partial charge is 0.391 e. The first-order valence-corrected chi connectivity index (χ1v) is 7.31. The van der Waals surface area contributed by atoms with Gasteiger partial charge in [0.05, 0.1) is 5.92 Å². The minimum absolute atomic E-state index is 0.0141. The molecule has 1 aliphatic rings. The van der Waals surface area contributed by atoms with Crippen LogP contribution in [-0.4, -0.2) is 18.8 Å². The molecule has 1 saturated carbocycles. The smallest absolute Gasteiger partial charge is 0.314 e. The van der Waals surface area contributed by atoms with Gasteiger partial charge in [0.25, 0.3) is 0 Å². The number of aryl methyl sites for hydroxylation is 1. The van der Waals surface area contributed by atoms with Crippen molar-refractivity contribution in [3.8, 4) is 0 Å². The predicted molar refractivity (Wildman–Crippen MR) is 74.7 cm³/mol. The van der Waals surface area contributed by atoms with Crippen LogP contribution in [-0.2, 0) is 6.42 Å². The average molecular weight is 285 g/mol. The molecule has 1 N–H and O–H groups in total. The molecule has 0 aromatic heterocycles. The van der Waals surface area contributed by atoms with Crippen LogP contribution in [0.2, 0.25) is 0 Å². The Morgan fingerprint density at radius 1 is 1.25 bits per heavy atom. The van der Waals surface area contributed by atoms with Crippen LogP contribution < -0.4 is 5.32 Å². The second kappa shape index (κ2) is 6.61. The lowest BCUT2D eigenvalue weighted by Crippen LogP contribution is -2.39. The quantitative estimate of drug-likeness (QED) is 0.872. The molecule has 1 fully saturated rings. The number of benzene rings is 1. The van der Waals surface area contributed by atoms with Crippen LogP contribution in [0.1, 0.15) is 36.8 Å². The molecular weight excluding hydrogens is 263 g/mol. The summed E-state index contributed by atoms with van der Waals surface area (Å²) in [4.78, 5) is 0. The van der Waals surface area contributed by atoms with Crippen LogP contribution in [0, 0.1) is 12.8 Å². The molecule has 112 valence electrons. The van der Waals surface area contributed by atoms with Crippen molar-refractivity contribution in [1.29, 1.82) is 0 Å². The maximum absolute atomic E-state index is 12.7. The highest BCUT2D eigenvalue weighted by molar-refractivity contribution is 5.22. The number of hydrogen-bond donors (Lipinski definition) is 1. The van der Waals surface area contributed by atoms with Crippen LogP contribution in [0.5, 0.6) is 0 Å². The number of nitrogens with one attached hydrogen (secondary N) is 1. The molecule has 0 radical (unpaired) electrons. The summed E-state index contributed by atoms with van der Waals surface area (Å²) < 4.78 is 38.2. The van der Waals surface area contributed by atoms with Gasteiger partial charge >= 0.3 is 6.18 Å². The number of alkyl halides is 3. The molecule has 1 aliphatic carbocycles. The van der Waals surface area contributed by atoms with E-state index in [2.05, 4.69) is 17.4 Å². The summed E-state index contributed by atoms with van der Waals surface area (Å²) in [6.07, 6.45) is -1.10. The van der Waals surface area contributed by atoms with Gasteiger partial charge in [-0.25, -0.2) is 0 Å². The van der Waals surface area contributed by atoms with E-state index in [9.17, 15) is 13.2 Å². The molecule has 1 nitrogen and oxygen atoms in total. The Labute approximate surface area is 118 Å². The zero-order valence-corrected chi connectivity index (χ0v) is 11.8. The SMILES string of the molecule is Cc1cccc(CCNC2CCCC(C(F)(F)F)C2)c1. The van der Waals surface area contributed by atoms with E-state index in [1.165, 1.54) is 11.1 Å². The van der Waals surface area contributed by atoms with E-state index in [0.29, 0.717) is 12.8 Å². The second-order valence-corrected chi connectivity index (χ2v) is 5.80. The molecule has 0 heterocycles. The lowest BCUT2D eigenvalue weighted by molar-refractivity contribution is -0.183. The predicted octanol–water partition coefficient (Wildman–Crippen LogP) is 4.25. The number of halogens is 3. The van der Waals surface area contributed by atoms with Crippen LogP contribution in [0.15, 0.2) is 24.3 Å². The van der Waals surface area contributed by atoms with Crippen molar-refractivity contribution in [2.75, 3.05) is 6.54 Å². The fourth-order valence-corrected chi connectivity index (χ4v) is 2.96. The van der Waals surface area contributed by atoms with Crippen molar-refractivity contribution in [3.63, 3.8) is 0 Å². The topological polar surface area (TPSA) is 12.0 Å². The first kappa shape index (κ1) is 15.4. The van der Waals surface area contributed by atoms with E-state index in [0.717, 1.165) is 19.4 Å². The van der Waals surface area contributed by atoms with Gasteiger partial charge in [-0.05, 0) is 44.7 Å². The standard InChI is InChI=1S/C16H22F3N/c1-12-4-2-5-13(10-12)8-9-20-15-7-3-6-14(11-15)16(17,18)19/h2,4-5,10,14-15,20H,3,6-9,11H2,1H3. The van der Waals surface area contributed by atoms with Crippen molar-refractivity contribution in [1.82, 2.24) is 5.32 Å². The maximum atomic E-state index is 12.7. The summed E-state index contributed by atoms with van der Waals surface area (Å²) >= 11 is 0. The third kappa shape index (κ3) is 4.51. The van der Waals surface area contributed by atoms with Gasteiger partial charge in [0.2, 0.25) is 0 Å². The summed E-state index contributed by atoms with van der Waals surface area (Å²) in [5.74, 6) is -1.12. The van der Waals surface area contributed by atoms with E-state index in [-0.39, 0.29) is 12.5 Å². The molecule has 1 aromatic carbocycles.